The zero-order valence-corrected chi connectivity index (χ0v) is 19.5. The van der Waals surface area contributed by atoms with Crippen LogP contribution in [0.15, 0.2) is 42.9 Å². The van der Waals surface area contributed by atoms with Gasteiger partial charge < -0.3 is 9.47 Å². The first kappa shape index (κ1) is 23.3. The molecule has 0 spiro atoms. The molecule has 0 unspecified atom stereocenters. The van der Waals surface area contributed by atoms with Gasteiger partial charge in [-0.15, -0.1) is 10.2 Å². The van der Waals surface area contributed by atoms with Crippen LogP contribution in [0.2, 0.25) is 0 Å². The predicted molar refractivity (Wildman–Crippen MR) is 120 cm³/mol. The van der Waals surface area contributed by atoms with Crippen LogP contribution in [-0.4, -0.2) is 62.8 Å². The van der Waals surface area contributed by atoms with Crippen molar-refractivity contribution in [2.45, 2.75) is 24.3 Å². The minimum atomic E-state index is -3.75. The number of H-pyrrole nitrogens is 1. The molecule has 0 saturated carbocycles. The zero-order chi connectivity index (χ0) is 24.3. The predicted octanol–water partition coefficient (Wildman–Crippen LogP) is 2.15. The van der Waals surface area contributed by atoms with E-state index in [-0.39, 0.29) is 18.1 Å². The van der Waals surface area contributed by atoms with Gasteiger partial charge in [-0.1, -0.05) is 6.07 Å². The van der Waals surface area contributed by atoms with Crippen LogP contribution < -0.4 is 9.47 Å². The highest BCUT2D eigenvalue weighted by Gasteiger charge is 2.29. The SMILES string of the molecule is COc1cccc(OC)c1-n1c(CS(=O)(=O)[C@H](C)Cc2ncc(F)cn2)nnc1-c1ccn[nH]1. The molecular weight excluding hydrogens is 465 g/mol. The summed E-state index contributed by atoms with van der Waals surface area (Å²) in [5.41, 5.74) is 0.971. The van der Waals surface area contributed by atoms with E-state index in [1.54, 1.807) is 42.0 Å². The van der Waals surface area contributed by atoms with Crippen molar-refractivity contribution in [2.24, 2.45) is 0 Å². The number of rotatable bonds is 9. The van der Waals surface area contributed by atoms with Gasteiger partial charge in [0.1, 0.15) is 34.5 Å². The van der Waals surface area contributed by atoms with Crippen LogP contribution in [0.1, 0.15) is 18.6 Å². The summed E-state index contributed by atoms with van der Waals surface area (Å²) in [4.78, 5) is 7.72. The first-order valence-corrected chi connectivity index (χ1v) is 11.9. The van der Waals surface area contributed by atoms with Gasteiger partial charge in [-0.3, -0.25) is 9.67 Å². The number of nitrogens with one attached hydrogen (secondary N) is 1. The number of aromatic amines is 1. The molecular formula is C21H22FN7O4S. The lowest BCUT2D eigenvalue weighted by Crippen LogP contribution is -2.24. The number of sulfone groups is 1. The highest BCUT2D eigenvalue weighted by molar-refractivity contribution is 7.91. The lowest BCUT2D eigenvalue weighted by molar-refractivity contribution is 0.390. The Bertz CT molecular complexity index is 1350. The lowest BCUT2D eigenvalue weighted by Gasteiger charge is -2.18. The van der Waals surface area contributed by atoms with E-state index in [1.165, 1.54) is 14.2 Å². The highest BCUT2D eigenvalue weighted by Crippen LogP contribution is 2.36. The Kier molecular flexibility index (Phi) is 6.54. The van der Waals surface area contributed by atoms with Crippen LogP contribution in [0.4, 0.5) is 4.39 Å². The fraction of sp³-hybridized carbons (Fsp3) is 0.286. The molecule has 0 aliphatic carbocycles. The minimum absolute atomic E-state index is 0.0160. The van der Waals surface area contributed by atoms with Gasteiger partial charge >= 0.3 is 0 Å². The van der Waals surface area contributed by atoms with E-state index in [2.05, 4.69) is 30.4 Å². The summed E-state index contributed by atoms with van der Waals surface area (Å²) in [6.07, 6.45) is 3.57. The van der Waals surface area contributed by atoms with Crippen molar-refractivity contribution in [3.8, 4) is 28.7 Å². The fourth-order valence-corrected chi connectivity index (χ4v) is 4.64. The van der Waals surface area contributed by atoms with E-state index in [9.17, 15) is 12.8 Å². The monoisotopic (exact) mass is 487 g/mol. The molecule has 1 N–H and O–H groups in total. The van der Waals surface area contributed by atoms with Gasteiger partial charge in [0.05, 0.1) is 31.9 Å². The average Bonchev–Trinajstić information content (AvgIpc) is 3.49. The summed E-state index contributed by atoms with van der Waals surface area (Å²) >= 11 is 0. The van der Waals surface area contributed by atoms with E-state index < -0.39 is 26.7 Å². The Morgan fingerprint density at radius 3 is 2.35 bits per heavy atom. The zero-order valence-electron chi connectivity index (χ0n) is 18.6. The molecule has 0 aliphatic heterocycles. The number of para-hydroxylation sites is 1. The van der Waals surface area contributed by atoms with Crippen molar-refractivity contribution >= 4 is 9.84 Å². The molecule has 34 heavy (non-hydrogen) atoms. The molecule has 0 saturated heterocycles. The number of ether oxygens (including phenoxy) is 2. The normalized spacial score (nSPS) is 12.5. The molecule has 178 valence electrons. The Labute approximate surface area is 194 Å². The van der Waals surface area contributed by atoms with E-state index in [4.69, 9.17) is 9.47 Å². The first-order chi connectivity index (χ1) is 16.3. The van der Waals surface area contributed by atoms with Gasteiger partial charge in [0.25, 0.3) is 0 Å². The maximum Gasteiger partial charge on any atom is 0.186 e. The second kappa shape index (κ2) is 9.55. The molecule has 0 amide bonds. The second-order valence-electron chi connectivity index (χ2n) is 7.40. The van der Waals surface area contributed by atoms with Crippen LogP contribution in [0.25, 0.3) is 17.2 Å². The summed E-state index contributed by atoms with van der Waals surface area (Å²) in [6, 6.07) is 6.89. The summed E-state index contributed by atoms with van der Waals surface area (Å²) in [5, 5.41) is 14.3. The topological polar surface area (TPSA) is 138 Å². The van der Waals surface area contributed by atoms with Gasteiger partial charge in [-0.2, -0.15) is 5.10 Å². The Morgan fingerprint density at radius 2 is 1.76 bits per heavy atom. The molecule has 1 atom stereocenters. The van der Waals surface area contributed by atoms with E-state index >= 15 is 0 Å². The third-order valence-corrected chi connectivity index (χ3v) is 7.24. The van der Waals surface area contributed by atoms with E-state index in [0.29, 0.717) is 28.7 Å². The molecule has 0 radical (unpaired) electrons. The van der Waals surface area contributed by atoms with Crippen LogP contribution in [0, 0.1) is 5.82 Å². The third kappa shape index (κ3) is 4.59. The number of methoxy groups -OCH3 is 2. The number of aromatic nitrogens is 7. The van der Waals surface area contributed by atoms with Crippen molar-refractivity contribution in [1.29, 1.82) is 0 Å². The van der Waals surface area contributed by atoms with Crippen LogP contribution >= 0.6 is 0 Å². The second-order valence-corrected chi connectivity index (χ2v) is 9.82. The number of hydrogen-bond donors (Lipinski definition) is 1. The highest BCUT2D eigenvalue weighted by atomic mass is 32.2. The van der Waals surface area contributed by atoms with Crippen molar-refractivity contribution in [2.75, 3.05) is 14.2 Å². The number of nitrogens with zero attached hydrogens (tertiary/aromatic N) is 6. The van der Waals surface area contributed by atoms with Crippen molar-refractivity contribution in [3.63, 3.8) is 0 Å². The fourth-order valence-electron chi connectivity index (χ4n) is 3.40. The van der Waals surface area contributed by atoms with Crippen molar-refractivity contribution in [3.05, 3.63) is 60.3 Å². The molecule has 4 rings (SSSR count). The Balaban J connectivity index is 1.77. The molecule has 0 fully saturated rings. The summed E-state index contributed by atoms with van der Waals surface area (Å²) < 4.78 is 52.3. The minimum Gasteiger partial charge on any atom is -0.494 e. The maximum absolute atomic E-state index is 13.3. The molecule has 13 heteroatoms. The summed E-state index contributed by atoms with van der Waals surface area (Å²) in [5.74, 6) is 0.558. The van der Waals surface area contributed by atoms with Gasteiger partial charge in [0.15, 0.2) is 27.3 Å². The molecule has 1 aromatic carbocycles. The third-order valence-electron chi connectivity index (χ3n) is 5.18. The number of halogens is 1. The van der Waals surface area contributed by atoms with Crippen molar-refractivity contribution < 1.29 is 22.3 Å². The van der Waals surface area contributed by atoms with E-state index in [0.717, 1.165) is 12.4 Å². The standard InChI is InChI=1S/C21H22FN7O4S/c1-13(9-18-23-10-14(22)11-24-18)34(30,31)12-19-27-28-21(15-7-8-25-26-15)29(19)20-16(32-2)5-4-6-17(20)33-3/h4-8,10-11,13H,9,12H2,1-3H3,(H,25,26)/t13-/m1/s1. The van der Waals surface area contributed by atoms with Gasteiger partial charge in [-0.25, -0.2) is 22.8 Å². The van der Waals surface area contributed by atoms with Gasteiger partial charge in [-0.05, 0) is 25.1 Å². The van der Waals surface area contributed by atoms with Gasteiger partial charge in [0.2, 0.25) is 0 Å². The first-order valence-electron chi connectivity index (χ1n) is 10.2. The number of benzene rings is 1. The average molecular weight is 488 g/mol. The Hall–Kier alpha value is -3.87. The number of hydrogen-bond acceptors (Lipinski definition) is 9. The molecule has 3 aromatic heterocycles. The smallest absolute Gasteiger partial charge is 0.186 e. The van der Waals surface area contributed by atoms with Crippen molar-refractivity contribution in [1.82, 2.24) is 34.9 Å². The Morgan fingerprint density at radius 1 is 1.09 bits per heavy atom. The quantitative estimate of drug-likeness (QED) is 0.376. The summed E-state index contributed by atoms with van der Waals surface area (Å²) in [7, 11) is -0.752. The van der Waals surface area contributed by atoms with Crippen LogP contribution in [0.5, 0.6) is 11.5 Å². The molecule has 4 aromatic rings. The molecule has 3 heterocycles. The van der Waals surface area contributed by atoms with Crippen LogP contribution in [-0.2, 0) is 22.0 Å². The van der Waals surface area contributed by atoms with Gasteiger partial charge in [0, 0.05) is 12.6 Å². The molecule has 0 aliphatic rings. The largest absolute Gasteiger partial charge is 0.494 e. The maximum atomic E-state index is 13.3. The van der Waals surface area contributed by atoms with Crippen LogP contribution in [0.3, 0.4) is 0 Å². The summed E-state index contributed by atoms with van der Waals surface area (Å²) in [6.45, 7) is 1.54. The van der Waals surface area contributed by atoms with E-state index in [1.807, 2.05) is 0 Å². The molecule has 0 bridgehead atoms. The lowest BCUT2D eigenvalue weighted by atomic mass is 10.2. The molecule has 11 nitrogen and oxygen atoms in total.